The first-order valence-corrected chi connectivity index (χ1v) is 6.77. The van der Waals surface area contributed by atoms with Gasteiger partial charge in [-0.3, -0.25) is 4.90 Å². The zero-order valence-corrected chi connectivity index (χ0v) is 11.4. The molecule has 0 bridgehead atoms. The van der Waals surface area contributed by atoms with Crippen LogP contribution >= 0.6 is 0 Å². The summed E-state index contributed by atoms with van der Waals surface area (Å²) in [4.78, 5) is 2.42. The highest BCUT2D eigenvalue weighted by Gasteiger charge is 2.18. The summed E-state index contributed by atoms with van der Waals surface area (Å²) in [6.07, 6.45) is 6.72. The molecule has 3 nitrogen and oxygen atoms in total. The Kier molecular flexibility index (Phi) is 4.48. The van der Waals surface area contributed by atoms with E-state index in [4.69, 9.17) is 4.74 Å². The molecule has 0 saturated heterocycles. The maximum absolute atomic E-state index is 9.58. The Bertz CT molecular complexity index is 386. The molecule has 0 amide bonds. The number of hydrogen-bond donors (Lipinski definition) is 1. The van der Waals surface area contributed by atoms with E-state index in [-0.39, 0.29) is 5.75 Å². The van der Waals surface area contributed by atoms with Gasteiger partial charge < -0.3 is 9.84 Å². The molecule has 3 heteroatoms. The van der Waals surface area contributed by atoms with Crippen molar-refractivity contribution in [2.24, 2.45) is 0 Å². The van der Waals surface area contributed by atoms with E-state index in [2.05, 4.69) is 11.9 Å². The maximum Gasteiger partial charge on any atom is 0.160 e. The molecule has 0 unspecified atom stereocenters. The van der Waals surface area contributed by atoms with Crippen LogP contribution in [-0.4, -0.2) is 30.2 Å². The Balaban J connectivity index is 1.99. The van der Waals surface area contributed by atoms with Crippen molar-refractivity contribution >= 4 is 0 Å². The van der Waals surface area contributed by atoms with Crippen LogP contribution in [0.5, 0.6) is 11.5 Å². The van der Waals surface area contributed by atoms with Gasteiger partial charge in [-0.1, -0.05) is 25.3 Å². The first-order valence-electron chi connectivity index (χ1n) is 6.77. The highest BCUT2D eigenvalue weighted by atomic mass is 16.5. The van der Waals surface area contributed by atoms with E-state index in [0.717, 1.165) is 6.54 Å². The van der Waals surface area contributed by atoms with Crippen LogP contribution in [0.15, 0.2) is 18.2 Å². The summed E-state index contributed by atoms with van der Waals surface area (Å²) >= 11 is 0. The summed E-state index contributed by atoms with van der Waals surface area (Å²) in [6.45, 7) is 0.918. The molecule has 1 N–H and O–H groups in total. The Hall–Kier alpha value is -1.22. The van der Waals surface area contributed by atoms with Gasteiger partial charge in [-0.05, 0) is 37.6 Å². The monoisotopic (exact) mass is 249 g/mol. The minimum Gasteiger partial charge on any atom is -0.504 e. The lowest BCUT2D eigenvalue weighted by atomic mass is 9.94. The first-order chi connectivity index (χ1) is 8.70. The summed E-state index contributed by atoms with van der Waals surface area (Å²) in [5.41, 5.74) is 1.19. The molecule has 0 spiro atoms. The molecule has 18 heavy (non-hydrogen) atoms. The minimum absolute atomic E-state index is 0.210. The summed E-state index contributed by atoms with van der Waals surface area (Å²) < 4.78 is 5.14. The second-order valence-corrected chi connectivity index (χ2v) is 5.21. The van der Waals surface area contributed by atoms with E-state index in [1.807, 2.05) is 12.1 Å². The molecule has 0 heterocycles. The molecule has 0 atom stereocenters. The molecule has 1 fully saturated rings. The molecule has 100 valence electrons. The molecule has 2 rings (SSSR count). The van der Waals surface area contributed by atoms with Gasteiger partial charge >= 0.3 is 0 Å². The van der Waals surface area contributed by atoms with Gasteiger partial charge in [0.2, 0.25) is 0 Å². The fourth-order valence-corrected chi connectivity index (χ4v) is 2.76. The Morgan fingerprint density at radius 1 is 1.28 bits per heavy atom. The minimum atomic E-state index is 0.210. The van der Waals surface area contributed by atoms with Gasteiger partial charge in [0.25, 0.3) is 0 Å². The van der Waals surface area contributed by atoms with Crippen molar-refractivity contribution in [2.45, 2.75) is 44.7 Å². The van der Waals surface area contributed by atoms with Crippen LogP contribution in [-0.2, 0) is 6.54 Å². The molecule has 1 aliphatic rings. The number of methoxy groups -OCH3 is 1. The van der Waals surface area contributed by atoms with E-state index < -0.39 is 0 Å². The van der Waals surface area contributed by atoms with E-state index in [0.29, 0.717) is 11.8 Å². The van der Waals surface area contributed by atoms with Crippen LogP contribution < -0.4 is 4.74 Å². The SMILES string of the molecule is COc1cc(CN(C)C2CCCCC2)ccc1O. The van der Waals surface area contributed by atoms with Crippen molar-refractivity contribution in [1.29, 1.82) is 0 Å². The number of aromatic hydroxyl groups is 1. The van der Waals surface area contributed by atoms with Crippen molar-refractivity contribution in [3.05, 3.63) is 23.8 Å². The van der Waals surface area contributed by atoms with Gasteiger partial charge in [0.05, 0.1) is 7.11 Å². The summed E-state index contributed by atoms with van der Waals surface area (Å²) in [7, 11) is 3.78. The second-order valence-electron chi connectivity index (χ2n) is 5.21. The topological polar surface area (TPSA) is 32.7 Å². The van der Waals surface area contributed by atoms with E-state index >= 15 is 0 Å². The Labute approximate surface area is 109 Å². The molecular formula is C15H23NO2. The van der Waals surface area contributed by atoms with Crippen LogP contribution in [0.3, 0.4) is 0 Å². The Morgan fingerprint density at radius 2 is 2.00 bits per heavy atom. The quantitative estimate of drug-likeness (QED) is 0.889. The van der Waals surface area contributed by atoms with Crippen molar-refractivity contribution in [3.8, 4) is 11.5 Å². The van der Waals surface area contributed by atoms with E-state index in [1.165, 1.54) is 37.7 Å². The van der Waals surface area contributed by atoms with Crippen LogP contribution in [0.1, 0.15) is 37.7 Å². The standard InChI is InChI=1S/C15H23NO2/c1-16(13-6-4-3-5-7-13)11-12-8-9-14(17)15(10-12)18-2/h8-10,13,17H,3-7,11H2,1-2H3. The lowest BCUT2D eigenvalue weighted by molar-refractivity contribution is 0.184. The third-order valence-electron chi connectivity index (χ3n) is 3.87. The molecule has 1 aromatic rings. The molecule has 0 aliphatic heterocycles. The van der Waals surface area contributed by atoms with Crippen molar-refractivity contribution in [2.75, 3.05) is 14.2 Å². The number of phenols is 1. The van der Waals surface area contributed by atoms with Gasteiger partial charge in [-0.15, -0.1) is 0 Å². The summed E-state index contributed by atoms with van der Waals surface area (Å²) in [5, 5.41) is 9.58. The number of ether oxygens (including phenoxy) is 1. The van der Waals surface area contributed by atoms with Gasteiger partial charge in [0.15, 0.2) is 11.5 Å². The van der Waals surface area contributed by atoms with Gasteiger partial charge in [-0.2, -0.15) is 0 Å². The largest absolute Gasteiger partial charge is 0.504 e. The zero-order chi connectivity index (χ0) is 13.0. The highest BCUT2D eigenvalue weighted by molar-refractivity contribution is 5.41. The molecule has 1 aliphatic carbocycles. The summed E-state index contributed by atoms with van der Waals surface area (Å²) in [6, 6.07) is 6.31. The van der Waals surface area contributed by atoms with Crippen molar-refractivity contribution < 1.29 is 9.84 Å². The maximum atomic E-state index is 9.58. The number of benzene rings is 1. The predicted octanol–water partition coefficient (Wildman–Crippen LogP) is 3.17. The van der Waals surface area contributed by atoms with Crippen LogP contribution in [0.4, 0.5) is 0 Å². The van der Waals surface area contributed by atoms with Crippen LogP contribution in [0, 0.1) is 0 Å². The highest BCUT2D eigenvalue weighted by Crippen LogP contribution is 2.28. The molecular weight excluding hydrogens is 226 g/mol. The van der Waals surface area contributed by atoms with Gasteiger partial charge in [0.1, 0.15) is 0 Å². The number of rotatable bonds is 4. The van der Waals surface area contributed by atoms with Crippen LogP contribution in [0.25, 0.3) is 0 Å². The lowest BCUT2D eigenvalue weighted by Crippen LogP contribution is -2.32. The zero-order valence-electron chi connectivity index (χ0n) is 11.4. The van der Waals surface area contributed by atoms with Gasteiger partial charge in [-0.25, -0.2) is 0 Å². The van der Waals surface area contributed by atoms with E-state index in [9.17, 15) is 5.11 Å². The predicted molar refractivity (Wildman–Crippen MR) is 73.0 cm³/mol. The van der Waals surface area contributed by atoms with Crippen molar-refractivity contribution in [1.82, 2.24) is 4.90 Å². The summed E-state index contributed by atoms with van der Waals surface area (Å²) in [5.74, 6) is 0.770. The third-order valence-corrected chi connectivity index (χ3v) is 3.87. The molecule has 1 saturated carbocycles. The fourth-order valence-electron chi connectivity index (χ4n) is 2.76. The Morgan fingerprint density at radius 3 is 2.67 bits per heavy atom. The average molecular weight is 249 g/mol. The van der Waals surface area contributed by atoms with E-state index in [1.54, 1.807) is 13.2 Å². The van der Waals surface area contributed by atoms with Gasteiger partial charge in [0, 0.05) is 12.6 Å². The third kappa shape index (κ3) is 3.16. The molecule has 0 aromatic heterocycles. The average Bonchev–Trinajstić information content (AvgIpc) is 2.42. The fraction of sp³-hybridized carbons (Fsp3) is 0.600. The van der Waals surface area contributed by atoms with Crippen LogP contribution in [0.2, 0.25) is 0 Å². The second kappa shape index (κ2) is 6.10. The first kappa shape index (κ1) is 13.2. The number of hydrogen-bond acceptors (Lipinski definition) is 3. The molecule has 1 aromatic carbocycles. The number of phenolic OH excluding ortho intramolecular Hbond substituents is 1. The lowest BCUT2D eigenvalue weighted by Gasteiger charge is -2.31. The van der Waals surface area contributed by atoms with Crippen molar-refractivity contribution in [3.63, 3.8) is 0 Å². The normalized spacial score (nSPS) is 17.1. The number of nitrogens with zero attached hydrogens (tertiary/aromatic N) is 1. The smallest absolute Gasteiger partial charge is 0.160 e. The molecule has 0 radical (unpaired) electrons.